The van der Waals surface area contributed by atoms with Gasteiger partial charge in [-0.15, -0.1) is 0 Å². The zero-order valence-corrected chi connectivity index (χ0v) is 13.5. The summed E-state index contributed by atoms with van der Waals surface area (Å²) >= 11 is 0. The van der Waals surface area contributed by atoms with E-state index in [4.69, 9.17) is 0 Å². The fraction of sp³-hybridized carbons (Fsp3) is 1.00. The van der Waals surface area contributed by atoms with Crippen molar-refractivity contribution >= 4 is 0 Å². The standard InChI is InChI=1S/C17H34N2/c1-5-13(3)16-12-19(14(4)11-18-16)17-10-8-7-9-15(17)6-2/h13-18H,5-12H2,1-4H3. The van der Waals surface area contributed by atoms with Crippen LogP contribution >= 0.6 is 0 Å². The molecule has 1 saturated carbocycles. The van der Waals surface area contributed by atoms with E-state index in [1.807, 2.05) is 0 Å². The molecule has 2 nitrogen and oxygen atoms in total. The molecular weight excluding hydrogens is 232 g/mol. The molecule has 19 heavy (non-hydrogen) atoms. The Morgan fingerprint density at radius 3 is 2.63 bits per heavy atom. The highest BCUT2D eigenvalue weighted by Crippen LogP contribution is 2.33. The Morgan fingerprint density at radius 2 is 1.95 bits per heavy atom. The molecule has 1 aliphatic carbocycles. The number of nitrogens with one attached hydrogen (secondary N) is 1. The molecule has 112 valence electrons. The number of hydrogen-bond donors (Lipinski definition) is 1. The summed E-state index contributed by atoms with van der Waals surface area (Å²) in [4.78, 5) is 2.86. The second-order valence-electron chi connectivity index (χ2n) is 6.97. The molecule has 1 aliphatic heterocycles. The maximum absolute atomic E-state index is 3.78. The van der Waals surface area contributed by atoms with E-state index in [2.05, 4.69) is 37.9 Å². The lowest BCUT2D eigenvalue weighted by Gasteiger charge is -2.48. The number of nitrogens with zero attached hydrogens (tertiary/aromatic N) is 1. The zero-order chi connectivity index (χ0) is 13.8. The molecule has 1 N–H and O–H groups in total. The van der Waals surface area contributed by atoms with Gasteiger partial charge in [0.05, 0.1) is 0 Å². The monoisotopic (exact) mass is 266 g/mol. The predicted molar refractivity (Wildman–Crippen MR) is 83.5 cm³/mol. The van der Waals surface area contributed by atoms with Crippen LogP contribution in [-0.4, -0.2) is 36.1 Å². The van der Waals surface area contributed by atoms with Crippen molar-refractivity contribution in [2.24, 2.45) is 11.8 Å². The fourth-order valence-electron chi connectivity index (χ4n) is 4.14. The summed E-state index contributed by atoms with van der Waals surface area (Å²) < 4.78 is 0. The molecule has 1 saturated heterocycles. The van der Waals surface area contributed by atoms with Crippen molar-refractivity contribution in [1.29, 1.82) is 0 Å². The summed E-state index contributed by atoms with van der Waals surface area (Å²) in [6, 6.07) is 2.29. The molecule has 2 fully saturated rings. The van der Waals surface area contributed by atoms with E-state index in [1.54, 1.807) is 0 Å². The van der Waals surface area contributed by atoms with Gasteiger partial charge < -0.3 is 5.32 Å². The first kappa shape index (κ1) is 15.3. The van der Waals surface area contributed by atoms with Crippen LogP contribution in [-0.2, 0) is 0 Å². The van der Waals surface area contributed by atoms with Gasteiger partial charge in [-0.05, 0) is 31.6 Å². The molecule has 0 aromatic heterocycles. The van der Waals surface area contributed by atoms with Gasteiger partial charge >= 0.3 is 0 Å². The van der Waals surface area contributed by atoms with Crippen LogP contribution in [0.15, 0.2) is 0 Å². The summed E-state index contributed by atoms with van der Waals surface area (Å²) in [5.41, 5.74) is 0. The van der Waals surface area contributed by atoms with E-state index in [9.17, 15) is 0 Å². The third-order valence-electron chi connectivity index (χ3n) is 5.80. The third kappa shape index (κ3) is 3.52. The first-order valence-corrected chi connectivity index (χ1v) is 8.66. The number of hydrogen-bond acceptors (Lipinski definition) is 2. The van der Waals surface area contributed by atoms with E-state index < -0.39 is 0 Å². The highest BCUT2D eigenvalue weighted by molar-refractivity contribution is 4.93. The lowest BCUT2D eigenvalue weighted by Crippen LogP contribution is -2.61. The van der Waals surface area contributed by atoms with Crippen LogP contribution in [0.5, 0.6) is 0 Å². The molecule has 0 aromatic carbocycles. The molecular formula is C17H34N2. The average Bonchev–Trinajstić information content (AvgIpc) is 2.47. The molecule has 2 aliphatic rings. The van der Waals surface area contributed by atoms with Crippen molar-refractivity contribution in [1.82, 2.24) is 10.2 Å². The molecule has 0 aromatic rings. The highest BCUT2D eigenvalue weighted by Gasteiger charge is 2.36. The topological polar surface area (TPSA) is 15.3 Å². The lowest BCUT2D eigenvalue weighted by atomic mass is 9.80. The largest absolute Gasteiger partial charge is 0.311 e. The Hall–Kier alpha value is -0.0800. The van der Waals surface area contributed by atoms with E-state index in [-0.39, 0.29) is 0 Å². The maximum Gasteiger partial charge on any atom is 0.0221 e. The highest BCUT2D eigenvalue weighted by atomic mass is 15.3. The van der Waals surface area contributed by atoms with Crippen molar-refractivity contribution in [3.8, 4) is 0 Å². The molecule has 0 spiro atoms. The number of piperazine rings is 1. The average molecular weight is 266 g/mol. The molecule has 5 atom stereocenters. The first-order chi connectivity index (χ1) is 9.17. The van der Waals surface area contributed by atoms with Crippen molar-refractivity contribution in [3.63, 3.8) is 0 Å². The molecule has 1 heterocycles. The van der Waals surface area contributed by atoms with E-state index in [1.165, 1.54) is 51.6 Å². The predicted octanol–water partition coefficient (Wildman–Crippen LogP) is 3.66. The summed E-state index contributed by atoms with van der Waals surface area (Å²) in [7, 11) is 0. The van der Waals surface area contributed by atoms with Gasteiger partial charge in [0.25, 0.3) is 0 Å². The van der Waals surface area contributed by atoms with Gasteiger partial charge in [-0.1, -0.05) is 46.5 Å². The quantitative estimate of drug-likeness (QED) is 0.835. The first-order valence-electron chi connectivity index (χ1n) is 8.66. The van der Waals surface area contributed by atoms with Crippen molar-refractivity contribution in [2.45, 2.75) is 84.3 Å². The molecule has 5 unspecified atom stereocenters. The third-order valence-corrected chi connectivity index (χ3v) is 5.80. The van der Waals surface area contributed by atoms with Crippen molar-refractivity contribution in [2.75, 3.05) is 13.1 Å². The minimum atomic E-state index is 0.709. The van der Waals surface area contributed by atoms with Gasteiger partial charge in [0.2, 0.25) is 0 Å². The summed E-state index contributed by atoms with van der Waals surface area (Å²) in [6.45, 7) is 12.0. The summed E-state index contributed by atoms with van der Waals surface area (Å²) in [6.07, 6.45) is 8.48. The van der Waals surface area contributed by atoms with Gasteiger partial charge in [-0.2, -0.15) is 0 Å². The van der Waals surface area contributed by atoms with E-state index in [0.717, 1.165) is 23.9 Å². The van der Waals surface area contributed by atoms with Crippen LogP contribution < -0.4 is 5.32 Å². The van der Waals surface area contributed by atoms with Gasteiger partial charge in [-0.3, -0.25) is 4.90 Å². The van der Waals surface area contributed by atoms with E-state index >= 15 is 0 Å². The fourth-order valence-corrected chi connectivity index (χ4v) is 4.14. The van der Waals surface area contributed by atoms with Crippen LogP contribution in [0, 0.1) is 11.8 Å². The van der Waals surface area contributed by atoms with Gasteiger partial charge in [0, 0.05) is 31.2 Å². The summed E-state index contributed by atoms with van der Waals surface area (Å²) in [5.74, 6) is 1.76. The normalized spacial score (nSPS) is 39.2. The zero-order valence-electron chi connectivity index (χ0n) is 13.5. The minimum absolute atomic E-state index is 0.709. The van der Waals surface area contributed by atoms with Gasteiger partial charge in [-0.25, -0.2) is 0 Å². The molecule has 0 radical (unpaired) electrons. The Morgan fingerprint density at radius 1 is 1.21 bits per heavy atom. The summed E-state index contributed by atoms with van der Waals surface area (Å²) in [5, 5.41) is 3.78. The second-order valence-corrected chi connectivity index (χ2v) is 6.97. The van der Waals surface area contributed by atoms with Crippen LogP contribution in [0.2, 0.25) is 0 Å². The van der Waals surface area contributed by atoms with Gasteiger partial charge in [0.1, 0.15) is 0 Å². The van der Waals surface area contributed by atoms with Crippen molar-refractivity contribution < 1.29 is 0 Å². The number of rotatable bonds is 4. The molecule has 2 heteroatoms. The van der Waals surface area contributed by atoms with Crippen LogP contribution in [0.4, 0.5) is 0 Å². The lowest BCUT2D eigenvalue weighted by molar-refractivity contribution is 0.0266. The molecule has 2 rings (SSSR count). The maximum atomic E-state index is 3.78. The SMILES string of the molecule is CCC(C)C1CN(C2CCCCC2CC)C(C)CN1. The van der Waals surface area contributed by atoms with Crippen LogP contribution in [0.1, 0.15) is 66.2 Å². The minimum Gasteiger partial charge on any atom is -0.311 e. The molecule has 0 amide bonds. The van der Waals surface area contributed by atoms with Crippen molar-refractivity contribution in [3.05, 3.63) is 0 Å². The molecule has 0 bridgehead atoms. The Labute approximate surface area is 120 Å². The van der Waals surface area contributed by atoms with E-state index in [0.29, 0.717) is 6.04 Å². The van der Waals surface area contributed by atoms with Crippen LogP contribution in [0.25, 0.3) is 0 Å². The second kappa shape index (κ2) is 7.08. The Balaban J connectivity index is 2.02. The van der Waals surface area contributed by atoms with Gasteiger partial charge in [0.15, 0.2) is 0 Å². The smallest absolute Gasteiger partial charge is 0.0221 e. The Bertz CT molecular complexity index is 266. The van der Waals surface area contributed by atoms with Crippen LogP contribution in [0.3, 0.4) is 0 Å². The Kier molecular flexibility index (Phi) is 5.70.